The lowest BCUT2D eigenvalue weighted by Crippen LogP contribution is -2.31. The average molecular weight is 319 g/mol. The van der Waals surface area contributed by atoms with E-state index in [0.29, 0.717) is 12.1 Å². The maximum absolute atomic E-state index is 12.5. The summed E-state index contributed by atoms with van der Waals surface area (Å²) >= 11 is 0. The molecular weight excluding hydrogens is 302 g/mol. The standard InChI is InChI=1S/C19H17N3O2/c1-13-16(12-20-22(13)15-8-3-2-4-9-15)21-19(23)18-11-14-7-5-6-10-17(14)24-18/h2-10,12,18H,11H2,1H3,(H,21,23)/t18-/m0/s1. The van der Waals surface area contributed by atoms with Crippen LogP contribution in [-0.4, -0.2) is 21.8 Å². The lowest BCUT2D eigenvalue weighted by Gasteiger charge is -2.11. The topological polar surface area (TPSA) is 56.1 Å². The predicted octanol–water partition coefficient (Wildman–Crippen LogP) is 3.12. The van der Waals surface area contributed by atoms with Crippen LogP contribution in [0.4, 0.5) is 5.69 Å². The zero-order chi connectivity index (χ0) is 16.5. The molecule has 1 aliphatic heterocycles. The molecule has 1 atom stereocenters. The number of amides is 1. The van der Waals surface area contributed by atoms with E-state index in [4.69, 9.17) is 4.74 Å². The molecule has 5 heteroatoms. The van der Waals surface area contributed by atoms with Crippen LogP contribution in [0.25, 0.3) is 5.69 Å². The summed E-state index contributed by atoms with van der Waals surface area (Å²) in [6.45, 7) is 1.93. The van der Waals surface area contributed by atoms with Crippen molar-refractivity contribution in [3.05, 3.63) is 72.1 Å². The highest BCUT2D eigenvalue weighted by molar-refractivity contribution is 5.95. The molecular formula is C19H17N3O2. The number of ether oxygens (including phenoxy) is 1. The van der Waals surface area contributed by atoms with Gasteiger partial charge in [-0.15, -0.1) is 0 Å². The Labute approximate surface area is 139 Å². The summed E-state index contributed by atoms with van der Waals surface area (Å²) in [6.07, 6.45) is 1.76. The largest absolute Gasteiger partial charge is 0.480 e. The van der Waals surface area contributed by atoms with Crippen LogP contribution in [0.1, 0.15) is 11.3 Å². The second-order valence-electron chi connectivity index (χ2n) is 5.80. The summed E-state index contributed by atoms with van der Waals surface area (Å²) in [5.74, 6) is 0.635. The van der Waals surface area contributed by atoms with Crippen molar-refractivity contribution in [1.82, 2.24) is 9.78 Å². The lowest BCUT2D eigenvalue weighted by molar-refractivity contribution is -0.122. The van der Waals surface area contributed by atoms with E-state index in [-0.39, 0.29) is 5.91 Å². The summed E-state index contributed by atoms with van der Waals surface area (Å²) in [6, 6.07) is 17.6. The first kappa shape index (κ1) is 14.5. The minimum Gasteiger partial charge on any atom is -0.480 e. The molecule has 1 amide bonds. The maximum Gasteiger partial charge on any atom is 0.265 e. The molecule has 0 fully saturated rings. The highest BCUT2D eigenvalue weighted by atomic mass is 16.5. The highest BCUT2D eigenvalue weighted by Gasteiger charge is 2.29. The van der Waals surface area contributed by atoms with Crippen LogP contribution in [0.2, 0.25) is 0 Å². The fourth-order valence-electron chi connectivity index (χ4n) is 2.90. The van der Waals surface area contributed by atoms with E-state index in [1.54, 1.807) is 10.9 Å². The Kier molecular flexibility index (Phi) is 3.54. The molecule has 3 aromatic rings. The van der Waals surface area contributed by atoms with Gasteiger partial charge in [-0.1, -0.05) is 36.4 Å². The molecule has 0 aliphatic carbocycles. The second kappa shape index (κ2) is 5.85. The van der Waals surface area contributed by atoms with E-state index in [1.807, 2.05) is 61.5 Å². The SMILES string of the molecule is Cc1c(NC(=O)[C@@H]2Cc3ccccc3O2)cnn1-c1ccccc1. The summed E-state index contributed by atoms with van der Waals surface area (Å²) in [7, 11) is 0. The average Bonchev–Trinajstić information content (AvgIpc) is 3.20. The minimum absolute atomic E-state index is 0.151. The Morgan fingerprint density at radius 3 is 2.71 bits per heavy atom. The molecule has 5 nitrogen and oxygen atoms in total. The zero-order valence-electron chi connectivity index (χ0n) is 13.3. The summed E-state index contributed by atoms with van der Waals surface area (Å²) in [5, 5.41) is 7.30. The van der Waals surface area contributed by atoms with Crippen LogP contribution in [0.5, 0.6) is 5.75 Å². The van der Waals surface area contributed by atoms with Crippen LogP contribution in [0.3, 0.4) is 0 Å². The molecule has 0 unspecified atom stereocenters. The van der Waals surface area contributed by atoms with Gasteiger partial charge in [-0.05, 0) is 30.7 Å². The van der Waals surface area contributed by atoms with Gasteiger partial charge in [0.15, 0.2) is 6.10 Å². The van der Waals surface area contributed by atoms with E-state index in [0.717, 1.165) is 22.7 Å². The van der Waals surface area contributed by atoms with Gasteiger partial charge in [0.05, 0.1) is 23.3 Å². The number of nitrogens with zero attached hydrogens (tertiary/aromatic N) is 2. The van der Waals surface area contributed by atoms with Crippen molar-refractivity contribution in [2.24, 2.45) is 0 Å². The number of nitrogens with one attached hydrogen (secondary N) is 1. The number of hydrogen-bond acceptors (Lipinski definition) is 3. The molecule has 1 aromatic heterocycles. The first-order chi connectivity index (χ1) is 11.7. The van der Waals surface area contributed by atoms with Crippen LogP contribution in [0.15, 0.2) is 60.8 Å². The van der Waals surface area contributed by atoms with Gasteiger partial charge in [-0.3, -0.25) is 4.79 Å². The van der Waals surface area contributed by atoms with Crippen molar-refractivity contribution in [2.75, 3.05) is 5.32 Å². The Hall–Kier alpha value is -3.08. The van der Waals surface area contributed by atoms with Gasteiger partial charge in [-0.2, -0.15) is 5.10 Å². The number of anilines is 1. The monoisotopic (exact) mass is 319 g/mol. The third kappa shape index (κ3) is 2.54. The third-order valence-corrected chi connectivity index (χ3v) is 4.21. The van der Waals surface area contributed by atoms with Gasteiger partial charge >= 0.3 is 0 Å². The van der Waals surface area contributed by atoms with Crippen LogP contribution in [-0.2, 0) is 11.2 Å². The van der Waals surface area contributed by atoms with E-state index >= 15 is 0 Å². The molecule has 0 saturated heterocycles. The summed E-state index contributed by atoms with van der Waals surface area (Å²) in [4.78, 5) is 12.5. The third-order valence-electron chi connectivity index (χ3n) is 4.21. The van der Waals surface area contributed by atoms with Crippen molar-refractivity contribution < 1.29 is 9.53 Å². The van der Waals surface area contributed by atoms with Crippen LogP contribution < -0.4 is 10.1 Å². The van der Waals surface area contributed by atoms with Crippen molar-refractivity contribution in [3.63, 3.8) is 0 Å². The number of rotatable bonds is 3. The van der Waals surface area contributed by atoms with E-state index in [1.165, 1.54) is 0 Å². The number of fused-ring (bicyclic) bond motifs is 1. The normalized spacial score (nSPS) is 15.6. The van der Waals surface area contributed by atoms with Crippen LogP contribution in [0, 0.1) is 6.92 Å². The number of benzene rings is 2. The molecule has 4 rings (SSSR count). The number of aromatic nitrogens is 2. The van der Waals surface area contributed by atoms with Crippen molar-refractivity contribution in [2.45, 2.75) is 19.4 Å². The number of carbonyl (C=O) groups excluding carboxylic acids is 1. The smallest absolute Gasteiger partial charge is 0.265 e. The molecule has 24 heavy (non-hydrogen) atoms. The Bertz CT molecular complexity index is 862. The van der Waals surface area contributed by atoms with Gasteiger partial charge in [0.2, 0.25) is 0 Å². The lowest BCUT2D eigenvalue weighted by atomic mass is 10.1. The molecule has 0 radical (unpaired) electrons. The van der Waals surface area contributed by atoms with Crippen molar-refractivity contribution >= 4 is 11.6 Å². The molecule has 0 bridgehead atoms. The Morgan fingerprint density at radius 1 is 1.17 bits per heavy atom. The van der Waals surface area contributed by atoms with E-state index < -0.39 is 6.10 Å². The first-order valence-electron chi connectivity index (χ1n) is 7.88. The summed E-state index contributed by atoms with van der Waals surface area (Å²) in [5.41, 5.74) is 3.60. The predicted molar refractivity (Wildman–Crippen MR) is 91.5 cm³/mol. The molecule has 0 saturated carbocycles. The molecule has 0 spiro atoms. The molecule has 2 heterocycles. The Morgan fingerprint density at radius 2 is 1.92 bits per heavy atom. The van der Waals surface area contributed by atoms with E-state index in [2.05, 4.69) is 10.4 Å². The van der Waals surface area contributed by atoms with Crippen molar-refractivity contribution in [1.29, 1.82) is 0 Å². The molecule has 1 aliphatic rings. The number of carbonyl (C=O) groups is 1. The first-order valence-corrected chi connectivity index (χ1v) is 7.88. The van der Waals surface area contributed by atoms with Crippen molar-refractivity contribution in [3.8, 4) is 11.4 Å². The van der Waals surface area contributed by atoms with Gasteiger partial charge in [0.1, 0.15) is 5.75 Å². The summed E-state index contributed by atoms with van der Waals surface area (Å²) < 4.78 is 7.54. The number of para-hydroxylation sites is 2. The number of hydrogen-bond donors (Lipinski definition) is 1. The van der Waals surface area contributed by atoms with Crippen LogP contribution >= 0.6 is 0 Å². The van der Waals surface area contributed by atoms with E-state index in [9.17, 15) is 4.79 Å². The Balaban J connectivity index is 1.51. The van der Waals surface area contributed by atoms with Gasteiger partial charge in [0.25, 0.3) is 5.91 Å². The fraction of sp³-hybridized carbons (Fsp3) is 0.158. The van der Waals surface area contributed by atoms with Gasteiger partial charge in [-0.25, -0.2) is 4.68 Å². The molecule has 2 aromatic carbocycles. The zero-order valence-corrected chi connectivity index (χ0v) is 13.3. The molecule has 1 N–H and O–H groups in total. The van der Waals surface area contributed by atoms with Gasteiger partial charge in [0, 0.05) is 6.42 Å². The van der Waals surface area contributed by atoms with Gasteiger partial charge < -0.3 is 10.1 Å². The highest BCUT2D eigenvalue weighted by Crippen LogP contribution is 2.29. The second-order valence-corrected chi connectivity index (χ2v) is 5.80. The maximum atomic E-state index is 12.5. The minimum atomic E-state index is -0.498. The fourth-order valence-corrected chi connectivity index (χ4v) is 2.90. The quantitative estimate of drug-likeness (QED) is 0.807. The molecule has 120 valence electrons.